The average Bonchev–Trinajstić information content (AvgIpc) is 2.74. The van der Waals surface area contributed by atoms with Crippen molar-refractivity contribution < 1.29 is 4.39 Å². The molecule has 0 heterocycles. The standard InChI is InChI=1S/C13H18FN/c1-9-10(5-4-6-11(9)14)13(8-15)7-12(13,2)3/h4-6H,7-8,15H2,1-3H3. The number of benzene rings is 1. The Bertz CT molecular complexity index is 398. The SMILES string of the molecule is Cc1c(F)cccc1C1(CN)CC1(C)C. The van der Waals surface area contributed by atoms with Crippen molar-refractivity contribution >= 4 is 0 Å². The third-order valence-electron chi connectivity index (χ3n) is 4.05. The normalized spacial score (nSPS) is 27.8. The molecular formula is C13H18FN. The zero-order valence-electron chi connectivity index (χ0n) is 9.60. The molecule has 82 valence electrons. The van der Waals surface area contributed by atoms with Crippen LogP contribution in [0.5, 0.6) is 0 Å². The molecule has 2 heteroatoms. The average molecular weight is 207 g/mol. The lowest BCUT2D eigenvalue weighted by molar-refractivity contribution is 0.496. The monoisotopic (exact) mass is 207 g/mol. The van der Waals surface area contributed by atoms with Gasteiger partial charge < -0.3 is 5.73 Å². The van der Waals surface area contributed by atoms with Gasteiger partial charge in [-0.15, -0.1) is 0 Å². The smallest absolute Gasteiger partial charge is 0.126 e. The van der Waals surface area contributed by atoms with E-state index in [4.69, 9.17) is 5.73 Å². The van der Waals surface area contributed by atoms with E-state index in [1.807, 2.05) is 13.0 Å². The summed E-state index contributed by atoms with van der Waals surface area (Å²) in [7, 11) is 0. The predicted octanol–water partition coefficient (Wildman–Crippen LogP) is 2.76. The number of nitrogens with two attached hydrogens (primary N) is 1. The Labute approximate surface area is 90.5 Å². The van der Waals surface area contributed by atoms with E-state index in [9.17, 15) is 4.39 Å². The minimum absolute atomic E-state index is 0.000810. The Balaban J connectivity index is 2.51. The van der Waals surface area contributed by atoms with E-state index in [0.717, 1.165) is 17.5 Å². The van der Waals surface area contributed by atoms with Crippen LogP contribution in [0, 0.1) is 18.2 Å². The summed E-state index contributed by atoms with van der Waals surface area (Å²) in [6.45, 7) is 6.84. The second kappa shape index (κ2) is 3.05. The Hall–Kier alpha value is -0.890. The van der Waals surface area contributed by atoms with Crippen LogP contribution in [0.2, 0.25) is 0 Å². The highest BCUT2D eigenvalue weighted by Gasteiger charge is 2.61. The van der Waals surface area contributed by atoms with Crippen molar-refractivity contribution in [2.45, 2.75) is 32.6 Å². The topological polar surface area (TPSA) is 26.0 Å². The summed E-state index contributed by atoms with van der Waals surface area (Å²) in [6, 6.07) is 5.31. The molecule has 1 nitrogen and oxygen atoms in total. The summed E-state index contributed by atoms with van der Waals surface area (Å²) in [6.07, 6.45) is 1.06. The maximum atomic E-state index is 13.5. The van der Waals surface area contributed by atoms with E-state index in [-0.39, 0.29) is 16.6 Å². The van der Waals surface area contributed by atoms with Crippen molar-refractivity contribution in [1.29, 1.82) is 0 Å². The Morgan fingerprint density at radius 3 is 2.47 bits per heavy atom. The molecule has 2 N–H and O–H groups in total. The molecule has 0 radical (unpaired) electrons. The van der Waals surface area contributed by atoms with E-state index in [1.54, 1.807) is 6.07 Å². The van der Waals surface area contributed by atoms with Gasteiger partial charge in [0.05, 0.1) is 0 Å². The first-order valence-electron chi connectivity index (χ1n) is 5.40. The van der Waals surface area contributed by atoms with Crippen LogP contribution < -0.4 is 5.73 Å². The third kappa shape index (κ3) is 1.31. The lowest BCUT2D eigenvalue weighted by Gasteiger charge is -2.21. The van der Waals surface area contributed by atoms with Gasteiger partial charge in [0.1, 0.15) is 5.82 Å². The zero-order chi connectivity index (χ0) is 11.3. The molecule has 1 aromatic rings. The van der Waals surface area contributed by atoms with Crippen LogP contribution in [-0.4, -0.2) is 6.54 Å². The molecule has 0 aromatic heterocycles. The van der Waals surface area contributed by atoms with E-state index >= 15 is 0 Å². The van der Waals surface area contributed by atoms with Crippen LogP contribution in [-0.2, 0) is 5.41 Å². The van der Waals surface area contributed by atoms with Gasteiger partial charge in [0.2, 0.25) is 0 Å². The van der Waals surface area contributed by atoms with E-state index in [2.05, 4.69) is 13.8 Å². The first-order valence-corrected chi connectivity index (χ1v) is 5.40. The zero-order valence-corrected chi connectivity index (χ0v) is 9.60. The molecule has 1 atom stereocenters. The van der Waals surface area contributed by atoms with Gasteiger partial charge in [-0.2, -0.15) is 0 Å². The van der Waals surface area contributed by atoms with Crippen LogP contribution >= 0.6 is 0 Å². The van der Waals surface area contributed by atoms with Crippen molar-refractivity contribution in [2.24, 2.45) is 11.1 Å². The van der Waals surface area contributed by atoms with Crippen molar-refractivity contribution in [3.63, 3.8) is 0 Å². The fourth-order valence-corrected chi connectivity index (χ4v) is 2.75. The number of hydrogen-bond acceptors (Lipinski definition) is 1. The molecular weight excluding hydrogens is 189 g/mol. The van der Waals surface area contributed by atoms with Crippen LogP contribution in [0.3, 0.4) is 0 Å². The lowest BCUT2D eigenvalue weighted by atomic mass is 9.85. The molecule has 1 unspecified atom stereocenters. The van der Waals surface area contributed by atoms with Crippen LogP contribution in [0.25, 0.3) is 0 Å². The van der Waals surface area contributed by atoms with Crippen LogP contribution in [0.4, 0.5) is 4.39 Å². The summed E-state index contributed by atoms with van der Waals surface area (Å²) < 4.78 is 13.5. The van der Waals surface area contributed by atoms with Gasteiger partial charge in [-0.1, -0.05) is 26.0 Å². The van der Waals surface area contributed by atoms with Crippen molar-refractivity contribution in [3.8, 4) is 0 Å². The van der Waals surface area contributed by atoms with Gasteiger partial charge in [0, 0.05) is 12.0 Å². The second-order valence-electron chi connectivity index (χ2n) is 5.26. The molecule has 0 saturated heterocycles. The van der Waals surface area contributed by atoms with Crippen molar-refractivity contribution in [2.75, 3.05) is 6.54 Å². The molecule has 0 bridgehead atoms. The molecule has 1 saturated carbocycles. The largest absolute Gasteiger partial charge is 0.330 e. The van der Waals surface area contributed by atoms with Crippen LogP contribution in [0.1, 0.15) is 31.4 Å². The summed E-state index contributed by atoms with van der Waals surface area (Å²) in [5.41, 5.74) is 7.93. The van der Waals surface area contributed by atoms with Gasteiger partial charge in [-0.25, -0.2) is 4.39 Å². The lowest BCUT2D eigenvalue weighted by Crippen LogP contribution is -2.26. The molecule has 1 fully saturated rings. The van der Waals surface area contributed by atoms with Crippen LogP contribution in [0.15, 0.2) is 18.2 Å². The minimum atomic E-state index is -0.122. The van der Waals surface area contributed by atoms with Crippen molar-refractivity contribution in [1.82, 2.24) is 0 Å². The molecule has 0 spiro atoms. The van der Waals surface area contributed by atoms with Gasteiger partial charge in [-0.05, 0) is 36.0 Å². The van der Waals surface area contributed by atoms with Gasteiger partial charge in [-0.3, -0.25) is 0 Å². The molecule has 2 rings (SSSR count). The number of rotatable bonds is 2. The van der Waals surface area contributed by atoms with Gasteiger partial charge in [0.25, 0.3) is 0 Å². The highest BCUT2D eigenvalue weighted by Crippen LogP contribution is 2.64. The third-order valence-corrected chi connectivity index (χ3v) is 4.05. The number of hydrogen-bond donors (Lipinski definition) is 1. The first-order chi connectivity index (χ1) is 6.94. The molecule has 1 aromatic carbocycles. The molecule has 0 aliphatic heterocycles. The fourth-order valence-electron chi connectivity index (χ4n) is 2.75. The molecule has 15 heavy (non-hydrogen) atoms. The Kier molecular flexibility index (Phi) is 2.16. The fraction of sp³-hybridized carbons (Fsp3) is 0.538. The Morgan fingerprint density at radius 1 is 1.40 bits per heavy atom. The van der Waals surface area contributed by atoms with Gasteiger partial charge >= 0.3 is 0 Å². The maximum Gasteiger partial charge on any atom is 0.126 e. The summed E-state index contributed by atoms with van der Waals surface area (Å²) in [5.74, 6) is -0.122. The summed E-state index contributed by atoms with van der Waals surface area (Å²) in [4.78, 5) is 0. The Morgan fingerprint density at radius 2 is 2.00 bits per heavy atom. The minimum Gasteiger partial charge on any atom is -0.330 e. The maximum absolute atomic E-state index is 13.5. The molecule has 0 amide bonds. The molecule has 1 aliphatic rings. The van der Waals surface area contributed by atoms with Crippen molar-refractivity contribution in [3.05, 3.63) is 35.1 Å². The first kappa shape index (κ1) is 10.6. The predicted molar refractivity (Wildman–Crippen MR) is 60.3 cm³/mol. The van der Waals surface area contributed by atoms with E-state index in [0.29, 0.717) is 6.54 Å². The summed E-state index contributed by atoms with van der Waals surface area (Å²) >= 11 is 0. The highest BCUT2D eigenvalue weighted by atomic mass is 19.1. The second-order valence-corrected chi connectivity index (χ2v) is 5.26. The molecule has 1 aliphatic carbocycles. The van der Waals surface area contributed by atoms with E-state index < -0.39 is 0 Å². The number of halogens is 1. The van der Waals surface area contributed by atoms with Gasteiger partial charge in [0.15, 0.2) is 0 Å². The quantitative estimate of drug-likeness (QED) is 0.793. The highest BCUT2D eigenvalue weighted by molar-refractivity contribution is 5.43. The summed E-state index contributed by atoms with van der Waals surface area (Å²) in [5, 5.41) is 0. The van der Waals surface area contributed by atoms with E-state index in [1.165, 1.54) is 6.07 Å².